The van der Waals surface area contributed by atoms with Crippen LogP contribution in [0.25, 0.3) is 0 Å². The number of amides is 2. The molecule has 1 aliphatic heterocycles. The minimum absolute atomic E-state index is 0.137. The van der Waals surface area contributed by atoms with E-state index in [1.807, 2.05) is 7.05 Å². The molecule has 0 aromatic heterocycles. The first-order chi connectivity index (χ1) is 15.6. The maximum atomic E-state index is 13.4. The molecule has 6 atom stereocenters. The third kappa shape index (κ3) is 3.46. The Balaban J connectivity index is 1.49. The van der Waals surface area contributed by atoms with Gasteiger partial charge in [-0.2, -0.15) is 0 Å². The van der Waals surface area contributed by atoms with Crippen LogP contribution >= 0.6 is 23.2 Å². The number of para-hydroxylation sites is 1. The van der Waals surface area contributed by atoms with Crippen LogP contribution in [0.5, 0.6) is 0 Å². The predicted octanol–water partition coefficient (Wildman–Crippen LogP) is 6.93. The number of halogens is 2. The molecule has 1 N–H and O–H groups in total. The molecule has 2 amide bonds. The van der Waals surface area contributed by atoms with Gasteiger partial charge in [0, 0.05) is 18.2 Å². The highest BCUT2D eigenvalue weighted by Gasteiger charge is 2.60. The molecule has 178 valence electrons. The van der Waals surface area contributed by atoms with Crippen molar-refractivity contribution in [3.63, 3.8) is 0 Å². The second-order valence-electron chi connectivity index (χ2n) is 11.5. The quantitative estimate of drug-likeness (QED) is 0.458. The Morgan fingerprint density at radius 2 is 1.82 bits per heavy atom. The molecule has 0 bridgehead atoms. The van der Waals surface area contributed by atoms with Gasteiger partial charge in [-0.05, 0) is 80.8 Å². The van der Waals surface area contributed by atoms with E-state index in [-0.39, 0.29) is 17.2 Å². The third-order valence-electron chi connectivity index (χ3n) is 9.64. The maximum Gasteiger partial charge on any atom is 0.239 e. The number of carbonyl (C=O) groups excluding carboxylic acids is 2. The van der Waals surface area contributed by atoms with E-state index >= 15 is 0 Å². The lowest BCUT2D eigenvalue weighted by atomic mass is 9.48. The van der Waals surface area contributed by atoms with Crippen molar-refractivity contribution in [1.82, 2.24) is 4.90 Å². The number of rotatable bonds is 2. The molecule has 0 radical (unpaired) electrons. The molecular formula is C27H34Cl2N2O2. The summed E-state index contributed by atoms with van der Waals surface area (Å²) in [7, 11) is 1.85. The molecule has 0 spiro atoms. The van der Waals surface area contributed by atoms with Crippen LogP contribution in [-0.2, 0) is 9.59 Å². The fraction of sp³-hybridized carbons (Fsp3) is 0.630. The minimum atomic E-state index is -0.750. The topological polar surface area (TPSA) is 49.4 Å². The molecule has 1 unspecified atom stereocenters. The Bertz CT molecular complexity index is 1030. The Kier molecular flexibility index (Phi) is 5.64. The van der Waals surface area contributed by atoms with Gasteiger partial charge in [0.25, 0.3) is 0 Å². The summed E-state index contributed by atoms with van der Waals surface area (Å²) in [6, 6.07) is 5.12. The zero-order valence-electron chi connectivity index (χ0n) is 20.0. The lowest BCUT2D eigenvalue weighted by molar-refractivity contribution is -0.147. The second kappa shape index (κ2) is 8.02. The van der Waals surface area contributed by atoms with Crippen molar-refractivity contribution in [3.05, 3.63) is 39.5 Å². The van der Waals surface area contributed by atoms with Crippen LogP contribution < -0.4 is 5.32 Å². The van der Waals surface area contributed by atoms with Gasteiger partial charge in [0.1, 0.15) is 5.92 Å². The van der Waals surface area contributed by atoms with Gasteiger partial charge in [0.05, 0.1) is 15.7 Å². The van der Waals surface area contributed by atoms with Crippen LogP contribution in [0.4, 0.5) is 5.69 Å². The van der Waals surface area contributed by atoms with Crippen molar-refractivity contribution in [1.29, 1.82) is 0 Å². The predicted molar refractivity (Wildman–Crippen MR) is 133 cm³/mol. The summed E-state index contributed by atoms with van der Waals surface area (Å²) in [6.07, 6.45) is 8.05. The van der Waals surface area contributed by atoms with Crippen molar-refractivity contribution in [2.75, 3.05) is 12.4 Å². The number of piperidine rings is 1. The number of anilines is 1. The number of nitrogens with one attached hydrogen (secondary N) is 1. The zero-order valence-corrected chi connectivity index (χ0v) is 21.5. The number of fused-ring (bicyclic) bond motifs is 5. The number of benzene rings is 1. The molecule has 3 aliphatic carbocycles. The number of carbonyl (C=O) groups is 2. The van der Waals surface area contributed by atoms with Gasteiger partial charge < -0.3 is 10.2 Å². The molecule has 4 aliphatic rings. The van der Waals surface area contributed by atoms with Gasteiger partial charge in [0.2, 0.25) is 11.8 Å². The highest BCUT2D eigenvalue weighted by atomic mass is 35.5. The third-order valence-corrected chi connectivity index (χ3v) is 10.3. The van der Waals surface area contributed by atoms with Crippen molar-refractivity contribution in [2.45, 2.75) is 65.7 Å². The first-order valence-corrected chi connectivity index (χ1v) is 13.0. The summed E-state index contributed by atoms with van der Waals surface area (Å²) in [6.45, 7) is 7.02. The van der Waals surface area contributed by atoms with Gasteiger partial charge in [-0.25, -0.2) is 0 Å². The molecule has 6 heteroatoms. The second-order valence-corrected chi connectivity index (χ2v) is 12.3. The molecule has 1 saturated heterocycles. The molecule has 4 nitrogen and oxygen atoms in total. The number of allylic oxidation sites excluding steroid dienone is 2. The maximum absolute atomic E-state index is 13.4. The first-order valence-electron chi connectivity index (χ1n) is 12.3. The van der Waals surface area contributed by atoms with Crippen molar-refractivity contribution < 1.29 is 9.59 Å². The Labute approximate surface area is 207 Å². The van der Waals surface area contributed by atoms with Crippen molar-refractivity contribution in [2.24, 2.45) is 34.5 Å². The van der Waals surface area contributed by atoms with E-state index in [4.69, 9.17) is 23.2 Å². The first kappa shape index (κ1) is 23.2. The van der Waals surface area contributed by atoms with Gasteiger partial charge in [-0.3, -0.25) is 9.59 Å². The standard InChI is InChI=1S/C27H34Cl2N2O2/c1-15-13-16-18-7-6-11-26(18,2)12-10-19(16)27(3)14-17(25(33)31(4)23(15)27)24(32)30-22-20(28)8-5-9-21(22)29/h5,8-9,16-19H,6-7,10-14H2,1-4H3,(H,30,32)/t16-,17?,18-,19+,26-,27+/m0/s1. The van der Waals surface area contributed by atoms with Gasteiger partial charge in [0.15, 0.2) is 0 Å². The van der Waals surface area contributed by atoms with Crippen LogP contribution in [0.15, 0.2) is 29.5 Å². The van der Waals surface area contributed by atoms with E-state index in [2.05, 4.69) is 26.1 Å². The van der Waals surface area contributed by atoms with E-state index in [0.29, 0.717) is 39.4 Å². The number of hydrogen-bond acceptors (Lipinski definition) is 2. The smallest absolute Gasteiger partial charge is 0.239 e. The van der Waals surface area contributed by atoms with Gasteiger partial charge in [-0.1, -0.05) is 55.1 Å². The Hall–Kier alpha value is -1.52. The zero-order chi connectivity index (χ0) is 23.7. The number of hydrogen-bond donors (Lipinski definition) is 1. The fourth-order valence-corrected chi connectivity index (χ4v) is 8.77. The molecular weight excluding hydrogens is 455 g/mol. The molecule has 33 heavy (non-hydrogen) atoms. The highest BCUT2D eigenvalue weighted by molar-refractivity contribution is 6.39. The number of nitrogens with zero attached hydrogens (tertiary/aromatic N) is 1. The van der Waals surface area contributed by atoms with Crippen LogP contribution in [0.3, 0.4) is 0 Å². The molecule has 1 aromatic carbocycles. The summed E-state index contributed by atoms with van der Waals surface area (Å²) in [5.41, 5.74) is 3.15. The van der Waals surface area contributed by atoms with E-state index in [1.165, 1.54) is 37.7 Å². The average Bonchev–Trinajstić information content (AvgIpc) is 3.15. The van der Waals surface area contributed by atoms with Crippen LogP contribution in [0.1, 0.15) is 65.7 Å². The summed E-state index contributed by atoms with van der Waals surface area (Å²) in [5, 5.41) is 3.62. The lowest BCUT2D eigenvalue weighted by Crippen LogP contribution is -2.57. The monoisotopic (exact) mass is 488 g/mol. The normalized spacial score (nSPS) is 38.0. The molecule has 1 aromatic rings. The summed E-state index contributed by atoms with van der Waals surface area (Å²) >= 11 is 12.6. The van der Waals surface area contributed by atoms with E-state index in [1.54, 1.807) is 23.1 Å². The summed E-state index contributed by atoms with van der Waals surface area (Å²) < 4.78 is 0. The van der Waals surface area contributed by atoms with E-state index in [9.17, 15) is 9.59 Å². The summed E-state index contributed by atoms with van der Waals surface area (Å²) in [5.74, 6) is 0.692. The lowest BCUT2D eigenvalue weighted by Gasteiger charge is -2.59. The minimum Gasteiger partial charge on any atom is -0.323 e. The van der Waals surface area contributed by atoms with E-state index in [0.717, 1.165) is 18.0 Å². The summed E-state index contributed by atoms with van der Waals surface area (Å²) in [4.78, 5) is 28.6. The van der Waals surface area contributed by atoms with Crippen LogP contribution in [0, 0.1) is 34.5 Å². The molecule has 1 heterocycles. The fourth-order valence-electron chi connectivity index (χ4n) is 8.27. The van der Waals surface area contributed by atoms with E-state index < -0.39 is 5.92 Å². The Morgan fingerprint density at radius 3 is 2.52 bits per heavy atom. The van der Waals surface area contributed by atoms with Gasteiger partial charge >= 0.3 is 0 Å². The SMILES string of the molecule is CC1=C2N(C)C(=O)C(C(=O)Nc3c(Cl)cccc3Cl)C[C@]2(C)[C@@H]2CC[C@]3(C)CCC[C@H]3[C@@H]2C1. The molecule has 2 saturated carbocycles. The van der Waals surface area contributed by atoms with Crippen molar-refractivity contribution in [3.8, 4) is 0 Å². The van der Waals surface area contributed by atoms with Gasteiger partial charge in [-0.15, -0.1) is 0 Å². The number of likely N-dealkylation sites (tertiary alicyclic amines) is 1. The molecule has 5 rings (SSSR count). The average molecular weight is 489 g/mol. The van der Waals surface area contributed by atoms with Crippen molar-refractivity contribution >= 4 is 40.7 Å². The highest BCUT2D eigenvalue weighted by Crippen LogP contribution is 2.65. The largest absolute Gasteiger partial charge is 0.323 e. The van der Waals surface area contributed by atoms with Crippen LogP contribution in [-0.4, -0.2) is 23.8 Å². The molecule has 3 fully saturated rings. The van der Waals surface area contributed by atoms with Crippen LogP contribution in [0.2, 0.25) is 10.0 Å². The Morgan fingerprint density at radius 1 is 1.12 bits per heavy atom.